The topological polar surface area (TPSA) is 111 Å². The van der Waals surface area contributed by atoms with E-state index in [9.17, 15) is 18.7 Å². The summed E-state index contributed by atoms with van der Waals surface area (Å²) in [5.74, 6) is -3.83. The van der Waals surface area contributed by atoms with E-state index in [0.29, 0.717) is 4.57 Å². The van der Waals surface area contributed by atoms with E-state index < -0.39 is 36.7 Å². The van der Waals surface area contributed by atoms with Crippen molar-refractivity contribution in [3.05, 3.63) is 22.7 Å². The minimum absolute atomic E-state index is 0.114. The van der Waals surface area contributed by atoms with Crippen LogP contribution in [-0.4, -0.2) is 44.5 Å². The molecule has 1 aromatic rings. The molecule has 2 rings (SSSR count). The lowest BCUT2D eigenvalue weighted by atomic mass is 10.1. The van der Waals surface area contributed by atoms with E-state index in [0.717, 1.165) is 12.3 Å². The van der Waals surface area contributed by atoms with E-state index >= 15 is 0 Å². The number of hydrogen-bond acceptors (Lipinski definition) is 6. The van der Waals surface area contributed by atoms with Crippen LogP contribution < -0.4 is 11.4 Å². The summed E-state index contributed by atoms with van der Waals surface area (Å²) in [5, 5.41) is 18.1. The third-order valence-electron chi connectivity index (χ3n) is 2.66. The Morgan fingerprint density at radius 3 is 2.78 bits per heavy atom. The summed E-state index contributed by atoms with van der Waals surface area (Å²) in [4.78, 5) is 14.7. The maximum absolute atomic E-state index is 13.7. The number of ether oxygens (including phenoxy) is 1. The van der Waals surface area contributed by atoms with Crippen molar-refractivity contribution >= 4 is 5.82 Å². The first-order chi connectivity index (χ1) is 8.37. The highest BCUT2D eigenvalue weighted by atomic mass is 19.3. The third kappa shape index (κ3) is 1.85. The van der Waals surface area contributed by atoms with Crippen LogP contribution in [-0.2, 0) is 4.74 Å². The Labute approximate surface area is 99.4 Å². The molecule has 0 aliphatic carbocycles. The lowest BCUT2D eigenvalue weighted by molar-refractivity contribution is -0.140. The molecule has 3 atom stereocenters. The molecule has 7 nitrogen and oxygen atoms in total. The molecule has 1 saturated heterocycles. The standard InChI is InChI=1S/C9H11F2N3O4/c10-9(11)6(16)4(3-15)18-7(9)14-2-1-5(12)13-8(14)17/h1-2,4,6-7,15-16H,3H2,(H2,12,13,17)/t4-,6+,7+/m1/s1/i8+1,13+1,14+1. The van der Waals surface area contributed by atoms with Crippen LogP contribution in [0.1, 0.15) is 6.23 Å². The van der Waals surface area contributed by atoms with E-state index in [4.69, 9.17) is 15.6 Å². The van der Waals surface area contributed by atoms with Crippen LogP contribution in [0, 0.1) is 0 Å². The molecule has 0 saturated carbocycles. The number of hydrogen-bond donors (Lipinski definition) is 3. The number of aromatic nitrogens is 2. The highest BCUT2D eigenvalue weighted by Crippen LogP contribution is 2.41. The van der Waals surface area contributed by atoms with E-state index in [-0.39, 0.29) is 5.82 Å². The van der Waals surface area contributed by atoms with Crippen LogP contribution >= 0.6 is 0 Å². The van der Waals surface area contributed by atoms with Gasteiger partial charge in [0, 0.05) is 6.20 Å². The van der Waals surface area contributed by atoms with Crippen LogP contribution in [0.15, 0.2) is 17.1 Å². The van der Waals surface area contributed by atoms with Gasteiger partial charge in [0.1, 0.15) is 11.9 Å². The molecular formula is C9H11F2N3O4. The summed E-state index contributed by atoms with van der Waals surface area (Å²) in [6, 6.07) is 1.15. The first-order valence-corrected chi connectivity index (χ1v) is 5.04. The molecule has 9 heteroatoms. The molecule has 1 aliphatic rings. The summed E-state index contributed by atoms with van der Waals surface area (Å²) >= 11 is 0. The molecule has 1 aliphatic heterocycles. The molecule has 0 bridgehead atoms. The Hall–Kier alpha value is -1.58. The molecule has 1 fully saturated rings. The van der Waals surface area contributed by atoms with Gasteiger partial charge in [-0.05, 0) is 6.07 Å². The zero-order valence-electron chi connectivity index (χ0n) is 9.03. The molecular weight excluding hydrogens is 255 g/mol. The van der Waals surface area contributed by atoms with Gasteiger partial charge in [-0.1, -0.05) is 0 Å². The molecule has 0 amide bonds. The van der Waals surface area contributed by atoms with Crippen molar-refractivity contribution in [3.8, 4) is 0 Å². The number of alkyl halides is 2. The van der Waals surface area contributed by atoms with Crippen molar-refractivity contribution in [3.63, 3.8) is 0 Å². The second kappa shape index (κ2) is 4.26. The second-order valence-corrected chi connectivity index (χ2v) is 3.87. The van der Waals surface area contributed by atoms with Crippen molar-refractivity contribution in [1.82, 2.24) is 9.55 Å². The number of aliphatic hydroxyl groups excluding tert-OH is 2. The number of anilines is 1. The zero-order valence-corrected chi connectivity index (χ0v) is 9.03. The van der Waals surface area contributed by atoms with Gasteiger partial charge in [0.2, 0.25) is 6.23 Å². The van der Waals surface area contributed by atoms with Crippen LogP contribution in [0.4, 0.5) is 14.6 Å². The van der Waals surface area contributed by atoms with Crippen molar-refractivity contribution in [2.24, 2.45) is 0 Å². The normalized spacial score (nSPS) is 30.6. The predicted octanol–water partition coefficient (Wildman–Crippen LogP) is -1.29. The van der Waals surface area contributed by atoms with E-state index in [1.54, 1.807) is 0 Å². The Balaban J connectivity index is 2.42. The third-order valence-corrected chi connectivity index (χ3v) is 2.66. The van der Waals surface area contributed by atoms with Gasteiger partial charge in [0.15, 0.2) is 6.10 Å². The van der Waals surface area contributed by atoms with E-state index in [1.165, 1.54) is 0 Å². The Morgan fingerprint density at radius 1 is 1.61 bits per heavy atom. The summed E-state index contributed by atoms with van der Waals surface area (Å²) in [6.07, 6.45) is -4.69. The van der Waals surface area contributed by atoms with Gasteiger partial charge in [0.05, 0.1) is 6.61 Å². The average molecular weight is 266 g/mol. The van der Waals surface area contributed by atoms with Gasteiger partial charge in [-0.3, -0.25) is 4.57 Å². The Kier molecular flexibility index (Phi) is 3.05. The Morgan fingerprint density at radius 2 is 2.28 bits per heavy atom. The van der Waals surface area contributed by atoms with Gasteiger partial charge in [0.25, 0.3) is 0 Å². The molecule has 18 heavy (non-hydrogen) atoms. The molecule has 0 unspecified atom stereocenters. The van der Waals surface area contributed by atoms with Crippen LogP contribution in [0.5, 0.6) is 0 Å². The fraction of sp³-hybridized carbons (Fsp3) is 0.556. The summed E-state index contributed by atoms with van der Waals surface area (Å²) < 4.78 is 32.7. The second-order valence-electron chi connectivity index (χ2n) is 3.87. The number of halogens is 2. The number of nitrogens with two attached hydrogens (primary N) is 1. The lowest BCUT2D eigenvalue weighted by Gasteiger charge is -2.20. The largest absolute Gasteiger partial charge is 0.394 e. The summed E-state index contributed by atoms with van der Waals surface area (Å²) in [7, 11) is 0. The quantitative estimate of drug-likeness (QED) is 0.614. The number of aliphatic hydroxyl groups is 2. The molecule has 0 radical (unpaired) electrons. The fourth-order valence-electron chi connectivity index (χ4n) is 1.72. The zero-order chi connectivity index (χ0) is 13.5. The predicted molar refractivity (Wildman–Crippen MR) is 54.9 cm³/mol. The fourth-order valence-corrected chi connectivity index (χ4v) is 1.72. The first kappa shape index (κ1) is 12.9. The van der Waals surface area contributed by atoms with Gasteiger partial charge >= 0.3 is 11.6 Å². The highest BCUT2D eigenvalue weighted by molar-refractivity contribution is 5.23. The average Bonchev–Trinajstić information content (AvgIpc) is 2.52. The van der Waals surface area contributed by atoms with Crippen LogP contribution in [0.2, 0.25) is 0 Å². The van der Waals surface area contributed by atoms with Gasteiger partial charge in [-0.25, -0.2) is 4.79 Å². The van der Waals surface area contributed by atoms with Crippen molar-refractivity contribution in [1.29, 1.82) is 0 Å². The first-order valence-electron chi connectivity index (χ1n) is 5.04. The van der Waals surface area contributed by atoms with Crippen molar-refractivity contribution in [2.75, 3.05) is 12.3 Å². The van der Waals surface area contributed by atoms with Crippen LogP contribution in [0.3, 0.4) is 0 Å². The minimum atomic E-state index is -3.71. The van der Waals surface area contributed by atoms with Crippen molar-refractivity contribution in [2.45, 2.75) is 24.4 Å². The SMILES string of the molecule is Nc1cc[15n]([C@H]2O[C@H](CO)[C@H](O)C2(F)F)[13c](=O)[15n]1. The number of rotatable bonds is 2. The lowest BCUT2D eigenvalue weighted by Crippen LogP contribution is -2.41. The Bertz CT molecular complexity index is 507. The molecule has 1 aromatic heterocycles. The molecule has 0 aromatic carbocycles. The van der Waals surface area contributed by atoms with E-state index in [1.807, 2.05) is 0 Å². The molecule has 4 N–H and O–H groups in total. The van der Waals surface area contributed by atoms with Crippen molar-refractivity contribution < 1.29 is 23.7 Å². The molecule has 100 valence electrons. The number of nitrogen functional groups attached to an aromatic ring is 1. The maximum Gasteiger partial charge on any atom is 0.351 e. The monoisotopic (exact) mass is 266 g/mol. The van der Waals surface area contributed by atoms with Gasteiger partial charge < -0.3 is 20.7 Å². The van der Waals surface area contributed by atoms with Gasteiger partial charge in [-0.2, -0.15) is 13.8 Å². The summed E-state index contributed by atoms with van der Waals surface area (Å²) in [6.45, 7) is -0.787. The van der Waals surface area contributed by atoms with Gasteiger partial charge in [-0.15, -0.1) is 0 Å². The number of nitrogens with zero attached hydrogens (tertiary/aromatic N) is 2. The highest BCUT2D eigenvalue weighted by Gasteiger charge is 2.59. The summed E-state index contributed by atoms with van der Waals surface area (Å²) in [5.41, 5.74) is 4.21. The smallest absolute Gasteiger partial charge is 0.351 e. The molecule has 2 heterocycles. The van der Waals surface area contributed by atoms with E-state index in [2.05, 4.69) is 4.98 Å². The molecule has 0 spiro atoms. The minimum Gasteiger partial charge on any atom is -0.394 e. The van der Waals surface area contributed by atoms with Crippen LogP contribution in [0.25, 0.3) is 0 Å². The maximum atomic E-state index is 13.7.